The number of hydrogen-bond acceptors (Lipinski definition) is 4. The molecule has 6 heteroatoms. The summed E-state index contributed by atoms with van der Waals surface area (Å²) in [6.45, 7) is 0.685. The average Bonchev–Trinajstić information content (AvgIpc) is 3.10. The summed E-state index contributed by atoms with van der Waals surface area (Å²) >= 11 is 0. The first-order valence-corrected chi connectivity index (χ1v) is 6.70. The number of nitrogen functional groups attached to an aromatic ring is 1. The molecule has 0 spiro atoms. The fourth-order valence-electron chi connectivity index (χ4n) is 2.02. The lowest BCUT2D eigenvalue weighted by atomic mass is 10.2. The third-order valence-corrected chi connectivity index (χ3v) is 3.00. The molecule has 3 N–H and O–H groups in total. The SMILES string of the molecule is Nc1nc(Cc2cn(C/C=C/c3ccccc3)nn2)c[nH]1. The Balaban J connectivity index is 1.59. The number of aromatic nitrogens is 5. The van der Waals surface area contributed by atoms with Gasteiger partial charge in [-0.05, 0) is 5.56 Å². The minimum absolute atomic E-state index is 0.420. The van der Waals surface area contributed by atoms with E-state index < -0.39 is 0 Å². The summed E-state index contributed by atoms with van der Waals surface area (Å²) in [7, 11) is 0. The number of nitrogens with one attached hydrogen (secondary N) is 1. The van der Waals surface area contributed by atoms with E-state index in [0.717, 1.165) is 11.4 Å². The third kappa shape index (κ3) is 3.56. The van der Waals surface area contributed by atoms with Crippen molar-refractivity contribution in [3.05, 3.63) is 65.8 Å². The van der Waals surface area contributed by atoms with Gasteiger partial charge < -0.3 is 10.7 Å². The molecule has 2 aromatic heterocycles. The number of aromatic amines is 1. The zero-order valence-corrected chi connectivity index (χ0v) is 11.5. The van der Waals surface area contributed by atoms with Gasteiger partial charge >= 0.3 is 0 Å². The second kappa shape index (κ2) is 6.04. The van der Waals surface area contributed by atoms with Crippen LogP contribution in [0.25, 0.3) is 6.08 Å². The second-order valence-electron chi connectivity index (χ2n) is 4.70. The monoisotopic (exact) mass is 280 g/mol. The Bertz CT molecular complexity index is 725. The Hall–Kier alpha value is -2.89. The van der Waals surface area contributed by atoms with Crippen LogP contribution in [-0.2, 0) is 13.0 Å². The quantitative estimate of drug-likeness (QED) is 0.747. The minimum atomic E-state index is 0.420. The number of imidazole rings is 1. The van der Waals surface area contributed by atoms with Gasteiger partial charge in [0.05, 0.1) is 17.9 Å². The Morgan fingerprint density at radius 1 is 1.19 bits per heavy atom. The van der Waals surface area contributed by atoms with Gasteiger partial charge in [-0.25, -0.2) is 9.67 Å². The molecule has 3 aromatic rings. The van der Waals surface area contributed by atoms with Crippen LogP contribution in [0.4, 0.5) is 5.95 Å². The highest BCUT2D eigenvalue weighted by atomic mass is 15.4. The van der Waals surface area contributed by atoms with Crippen LogP contribution in [0.5, 0.6) is 0 Å². The van der Waals surface area contributed by atoms with Crippen molar-refractivity contribution < 1.29 is 0 Å². The van der Waals surface area contributed by atoms with Gasteiger partial charge in [0, 0.05) is 18.8 Å². The number of hydrogen-bond donors (Lipinski definition) is 2. The topological polar surface area (TPSA) is 85.4 Å². The average molecular weight is 280 g/mol. The highest BCUT2D eigenvalue weighted by molar-refractivity contribution is 5.48. The van der Waals surface area contributed by atoms with Gasteiger partial charge in [-0.15, -0.1) is 5.10 Å². The molecule has 0 radical (unpaired) electrons. The molecule has 0 unspecified atom stereocenters. The molecule has 0 saturated heterocycles. The molecule has 0 amide bonds. The lowest BCUT2D eigenvalue weighted by Crippen LogP contribution is -1.95. The van der Waals surface area contributed by atoms with Crippen molar-refractivity contribution >= 4 is 12.0 Å². The Morgan fingerprint density at radius 3 is 2.81 bits per heavy atom. The number of rotatable bonds is 5. The van der Waals surface area contributed by atoms with Crippen LogP contribution in [0.1, 0.15) is 17.0 Å². The number of allylic oxidation sites excluding steroid dienone is 1. The van der Waals surface area contributed by atoms with E-state index in [1.54, 1.807) is 10.9 Å². The molecule has 106 valence electrons. The summed E-state index contributed by atoms with van der Waals surface area (Å²) in [5.41, 5.74) is 8.44. The number of nitrogens with two attached hydrogens (primary N) is 1. The molecule has 0 aliphatic carbocycles. The largest absolute Gasteiger partial charge is 0.369 e. The summed E-state index contributed by atoms with van der Waals surface area (Å²) in [6, 6.07) is 10.2. The molecule has 1 aromatic carbocycles. The highest BCUT2D eigenvalue weighted by Crippen LogP contribution is 2.06. The molecule has 0 aliphatic heterocycles. The van der Waals surface area contributed by atoms with Crippen LogP contribution in [0.15, 0.2) is 48.8 Å². The van der Waals surface area contributed by atoms with Gasteiger partial charge in [0.2, 0.25) is 0 Å². The maximum absolute atomic E-state index is 5.54. The fourth-order valence-corrected chi connectivity index (χ4v) is 2.02. The van der Waals surface area contributed by atoms with Gasteiger partial charge in [0.1, 0.15) is 0 Å². The van der Waals surface area contributed by atoms with E-state index in [-0.39, 0.29) is 0 Å². The lowest BCUT2D eigenvalue weighted by Gasteiger charge is -1.94. The predicted molar refractivity (Wildman–Crippen MR) is 81.3 cm³/mol. The van der Waals surface area contributed by atoms with Crippen LogP contribution in [0.3, 0.4) is 0 Å². The van der Waals surface area contributed by atoms with Crippen LogP contribution in [0, 0.1) is 0 Å². The summed E-state index contributed by atoms with van der Waals surface area (Å²) in [5, 5.41) is 8.23. The normalized spacial score (nSPS) is 11.2. The van der Waals surface area contributed by atoms with Crippen molar-refractivity contribution in [2.24, 2.45) is 0 Å². The first kappa shape index (κ1) is 13.1. The van der Waals surface area contributed by atoms with Crippen molar-refractivity contribution in [2.45, 2.75) is 13.0 Å². The molecular weight excluding hydrogens is 264 g/mol. The van der Waals surface area contributed by atoms with Crippen molar-refractivity contribution in [1.29, 1.82) is 0 Å². The number of nitrogens with zero attached hydrogens (tertiary/aromatic N) is 4. The van der Waals surface area contributed by atoms with E-state index in [9.17, 15) is 0 Å². The summed E-state index contributed by atoms with van der Waals surface area (Å²) in [5.74, 6) is 0.420. The highest BCUT2D eigenvalue weighted by Gasteiger charge is 2.04. The second-order valence-corrected chi connectivity index (χ2v) is 4.70. The van der Waals surface area contributed by atoms with Crippen molar-refractivity contribution in [3.8, 4) is 0 Å². The summed E-state index contributed by atoms with van der Waals surface area (Å²) in [4.78, 5) is 7.00. The van der Waals surface area contributed by atoms with E-state index >= 15 is 0 Å². The molecule has 0 saturated carbocycles. The van der Waals surface area contributed by atoms with E-state index in [0.29, 0.717) is 18.9 Å². The zero-order valence-electron chi connectivity index (χ0n) is 11.5. The van der Waals surface area contributed by atoms with E-state index in [4.69, 9.17) is 5.73 Å². The number of H-pyrrole nitrogens is 1. The Kier molecular flexibility index (Phi) is 3.77. The first-order chi connectivity index (χ1) is 10.3. The number of anilines is 1. The molecule has 0 atom stereocenters. The molecule has 6 nitrogen and oxygen atoms in total. The zero-order chi connectivity index (χ0) is 14.5. The van der Waals surface area contributed by atoms with Crippen LogP contribution < -0.4 is 5.73 Å². The van der Waals surface area contributed by atoms with E-state index in [1.165, 1.54) is 5.56 Å². The van der Waals surface area contributed by atoms with Gasteiger partial charge in [-0.3, -0.25) is 0 Å². The molecule has 3 rings (SSSR count). The molecule has 2 heterocycles. The van der Waals surface area contributed by atoms with E-state index in [1.807, 2.05) is 24.4 Å². The van der Waals surface area contributed by atoms with Crippen molar-refractivity contribution in [1.82, 2.24) is 25.0 Å². The lowest BCUT2D eigenvalue weighted by molar-refractivity contribution is 0.662. The smallest absolute Gasteiger partial charge is 0.197 e. The fraction of sp³-hybridized carbons (Fsp3) is 0.133. The molecule has 21 heavy (non-hydrogen) atoms. The number of benzene rings is 1. The molecule has 0 aliphatic rings. The van der Waals surface area contributed by atoms with E-state index in [2.05, 4.69) is 44.6 Å². The van der Waals surface area contributed by atoms with Crippen molar-refractivity contribution in [2.75, 3.05) is 5.73 Å². The van der Waals surface area contributed by atoms with Crippen LogP contribution >= 0.6 is 0 Å². The molecule has 0 fully saturated rings. The van der Waals surface area contributed by atoms with Gasteiger partial charge in [-0.1, -0.05) is 47.7 Å². The molecular formula is C15H16N6. The van der Waals surface area contributed by atoms with Crippen LogP contribution in [0.2, 0.25) is 0 Å². The third-order valence-electron chi connectivity index (χ3n) is 3.00. The summed E-state index contributed by atoms with van der Waals surface area (Å²) in [6.07, 6.45) is 8.44. The maximum atomic E-state index is 5.54. The maximum Gasteiger partial charge on any atom is 0.197 e. The predicted octanol–water partition coefficient (Wildman–Crippen LogP) is 1.89. The minimum Gasteiger partial charge on any atom is -0.369 e. The van der Waals surface area contributed by atoms with Gasteiger partial charge in [0.25, 0.3) is 0 Å². The summed E-state index contributed by atoms with van der Waals surface area (Å²) < 4.78 is 1.80. The first-order valence-electron chi connectivity index (χ1n) is 6.70. The van der Waals surface area contributed by atoms with Gasteiger partial charge in [0.15, 0.2) is 5.95 Å². The Labute approximate surface area is 122 Å². The standard InChI is InChI=1S/C15H16N6/c16-15-17-10-13(18-15)9-14-11-21(20-19-14)8-4-7-12-5-2-1-3-6-12/h1-7,10-11H,8-9H2,(H3,16,17,18)/b7-4+. The van der Waals surface area contributed by atoms with Crippen molar-refractivity contribution in [3.63, 3.8) is 0 Å². The Morgan fingerprint density at radius 2 is 2.05 bits per heavy atom. The molecule has 0 bridgehead atoms. The van der Waals surface area contributed by atoms with Crippen LogP contribution in [-0.4, -0.2) is 25.0 Å². The van der Waals surface area contributed by atoms with Gasteiger partial charge in [-0.2, -0.15) is 0 Å².